The summed E-state index contributed by atoms with van der Waals surface area (Å²) in [6.07, 6.45) is -0.614. The van der Waals surface area contributed by atoms with E-state index in [0.717, 1.165) is 10.0 Å². The number of hydrogen-bond acceptors (Lipinski definition) is 2. The van der Waals surface area contributed by atoms with Crippen LogP contribution in [-0.2, 0) is 0 Å². The zero-order valence-electron chi connectivity index (χ0n) is 10.7. The van der Waals surface area contributed by atoms with Gasteiger partial charge in [0.1, 0.15) is 11.5 Å². The van der Waals surface area contributed by atoms with Crippen LogP contribution in [0.5, 0.6) is 11.5 Å². The van der Waals surface area contributed by atoms with E-state index >= 15 is 0 Å². The van der Waals surface area contributed by atoms with E-state index in [2.05, 4.69) is 15.9 Å². The first-order valence-electron chi connectivity index (χ1n) is 5.89. The van der Waals surface area contributed by atoms with Crippen LogP contribution in [0.15, 0.2) is 40.9 Å². The normalized spacial score (nSPS) is 12.3. The molecule has 0 radical (unpaired) electrons. The second-order valence-electron chi connectivity index (χ2n) is 4.39. The van der Waals surface area contributed by atoms with Gasteiger partial charge in [0.25, 0.3) is 0 Å². The molecule has 0 aromatic heterocycles. The lowest BCUT2D eigenvalue weighted by Gasteiger charge is -2.14. The zero-order chi connectivity index (χ0) is 14.0. The molecule has 0 heterocycles. The van der Waals surface area contributed by atoms with Crippen LogP contribution < -0.4 is 4.74 Å². The van der Waals surface area contributed by atoms with Crippen molar-refractivity contribution in [3.05, 3.63) is 57.0 Å². The van der Waals surface area contributed by atoms with Crippen molar-refractivity contribution in [2.24, 2.45) is 0 Å². The zero-order valence-corrected chi connectivity index (χ0v) is 13.0. The minimum absolute atomic E-state index is 0.555. The smallest absolute Gasteiger partial charge is 0.146 e. The van der Waals surface area contributed by atoms with Gasteiger partial charge in [0.05, 0.1) is 11.1 Å². The van der Waals surface area contributed by atoms with Crippen LogP contribution >= 0.6 is 27.5 Å². The second kappa shape index (κ2) is 5.95. The summed E-state index contributed by atoms with van der Waals surface area (Å²) >= 11 is 9.53. The van der Waals surface area contributed by atoms with Gasteiger partial charge in [-0.05, 0) is 49.7 Å². The summed E-state index contributed by atoms with van der Waals surface area (Å²) in [5, 5.41) is 10.3. The Morgan fingerprint density at radius 2 is 1.84 bits per heavy atom. The van der Waals surface area contributed by atoms with Gasteiger partial charge in [-0.25, -0.2) is 0 Å². The monoisotopic (exact) mass is 340 g/mol. The molecule has 1 unspecified atom stereocenters. The first kappa shape index (κ1) is 14.4. The van der Waals surface area contributed by atoms with Crippen LogP contribution in [-0.4, -0.2) is 5.11 Å². The van der Waals surface area contributed by atoms with Crippen molar-refractivity contribution in [3.8, 4) is 11.5 Å². The van der Waals surface area contributed by atoms with Gasteiger partial charge in [-0.2, -0.15) is 0 Å². The molecule has 0 bridgehead atoms. The molecule has 2 rings (SSSR count). The van der Waals surface area contributed by atoms with Gasteiger partial charge >= 0.3 is 0 Å². The Hall–Kier alpha value is -1.03. The summed E-state index contributed by atoms with van der Waals surface area (Å²) in [6, 6.07) is 11.1. The van der Waals surface area contributed by atoms with Crippen molar-refractivity contribution in [1.29, 1.82) is 0 Å². The van der Waals surface area contributed by atoms with Gasteiger partial charge in [0, 0.05) is 10.0 Å². The summed E-state index contributed by atoms with van der Waals surface area (Å²) < 4.78 is 6.69. The maximum atomic E-state index is 9.79. The van der Waals surface area contributed by atoms with Crippen molar-refractivity contribution < 1.29 is 9.84 Å². The molecule has 100 valence electrons. The number of aliphatic hydroxyl groups excluding tert-OH is 1. The van der Waals surface area contributed by atoms with E-state index < -0.39 is 6.10 Å². The van der Waals surface area contributed by atoms with Crippen molar-refractivity contribution in [2.75, 3.05) is 0 Å². The molecular weight excluding hydrogens is 328 g/mol. The minimum atomic E-state index is -0.614. The van der Waals surface area contributed by atoms with Gasteiger partial charge < -0.3 is 9.84 Å². The fraction of sp³-hybridized carbons (Fsp3) is 0.200. The van der Waals surface area contributed by atoms with E-state index in [9.17, 15) is 5.11 Å². The largest absolute Gasteiger partial charge is 0.455 e. The Labute approximate surface area is 126 Å². The molecule has 0 saturated carbocycles. The molecule has 19 heavy (non-hydrogen) atoms. The average Bonchev–Trinajstić information content (AvgIpc) is 2.34. The average molecular weight is 342 g/mol. The van der Waals surface area contributed by atoms with E-state index in [-0.39, 0.29) is 0 Å². The SMILES string of the molecule is Cc1ccc(Oc2ccc(Br)cc2C(C)O)c(Cl)c1. The topological polar surface area (TPSA) is 29.5 Å². The maximum absolute atomic E-state index is 9.79. The van der Waals surface area contributed by atoms with Gasteiger partial charge in [-0.15, -0.1) is 0 Å². The summed E-state index contributed by atoms with van der Waals surface area (Å²) in [4.78, 5) is 0. The molecule has 0 fully saturated rings. The second-order valence-corrected chi connectivity index (χ2v) is 5.72. The number of aryl methyl sites for hydroxylation is 1. The van der Waals surface area contributed by atoms with Crippen molar-refractivity contribution in [2.45, 2.75) is 20.0 Å². The molecule has 4 heteroatoms. The Bertz CT molecular complexity index is 597. The van der Waals surface area contributed by atoms with Gasteiger partial charge in [-0.3, -0.25) is 0 Å². The lowest BCUT2D eigenvalue weighted by atomic mass is 10.1. The summed E-state index contributed by atoms with van der Waals surface area (Å²) in [7, 11) is 0. The lowest BCUT2D eigenvalue weighted by molar-refractivity contribution is 0.195. The van der Waals surface area contributed by atoms with Crippen LogP contribution in [0.25, 0.3) is 0 Å². The van der Waals surface area contributed by atoms with Crippen molar-refractivity contribution >= 4 is 27.5 Å². The van der Waals surface area contributed by atoms with Crippen molar-refractivity contribution in [1.82, 2.24) is 0 Å². The number of rotatable bonds is 3. The number of aliphatic hydroxyl groups is 1. The molecular formula is C15H14BrClO2. The molecule has 1 N–H and O–H groups in total. The Balaban J connectivity index is 2.38. The molecule has 0 amide bonds. The van der Waals surface area contributed by atoms with Crippen LogP contribution in [0.2, 0.25) is 5.02 Å². The molecule has 0 aliphatic rings. The Morgan fingerprint density at radius 3 is 2.47 bits per heavy atom. The van der Waals surface area contributed by atoms with E-state index in [1.807, 2.05) is 43.3 Å². The van der Waals surface area contributed by atoms with Gasteiger partial charge in [0.2, 0.25) is 0 Å². The Morgan fingerprint density at radius 1 is 1.16 bits per heavy atom. The third kappa shape index (κ3) is 3.50. The molecule has 2 aromatic rings. The van der Waals surface area contributed by atoms with E-state index in [1.54, 1.807) is 6.92 Å². The first-order chi connectivity index (χ1) is 8.97. The third-order valence-electron chi connectivity index (χ3n) is 2.73. The molecule has 2 aromatic carbocycles. The number of halogens is 2. The predicted octanol–water partition coefficient (Wildman–Crippen LogP) is 5.26. The highest BCUT2D eigenvalue weighted by Crippen LogP contribution is 2.35. The molecule has 2 nitrogen and oxygen atoms in total. The highest BCUT2D eigenvalue weighted by atomic mass is 79.9. The fourth-order valence-electron chi connectivity index (χ4n) is 1.75. The number of ether oxygens (including phenoxy) is 1. The highest BCUT2D eigenvalue weighted by molar-refractivity contribution is 9.10. The fourth-order valence-corrected chi connectivity index (χ4v) is 2.40. The maximum Gasteiger partial charge on any atom is 0.146 e. The highest BCUT2D eigenvalue weighted by Gasteiger charge is 2.12. The van der Waals surface area contributed by atoms with E-state index in [1.165, 1.54) is 0 Å². The summed E-state index contributed by atoms with van der Waals surface area (Å²) in [6.45, 7) is 3.67. The molecule has 0 aliphatic heterocycles. The number of benzene rings is 2. The minimum Gasteiger partial charge on any atom is -0.455 e. The van der Waals surface area contributed by atoms with E-state index in [4.69, 9.17) is 16.3 Å². The van der Waals surface area contributed by atoms with Crippen LogP contribution in [0.1, 0.15) is 24.2 Å². The van der Waals surface area contributed by atoms with Crippen LogP contribution in [0.3, 0.4) is 0 Å². The molecule has 0 saturated heterocycles. The standard InChI is InChI=1S/C15H14BrClO2/c1-9-3-5-15(13(17)7-9)19-14-6-4-11(16)8-12(14)10(2)18/h3-8,10,18H,1-2H3. The van der Waals surface area contributed by atoms with Crippen LogP contribution in [0.4, 0.5) is 0 Å². The van der Waals surface area contributed by atoms with Gasteiger partial charge in [-0.1, -0.05) is 33.6 Å². The summed E-state index contributed by atoms with van der Waals surface area (Å²) in [5.74, 6) is 1.18. The molecule has 0 aliphatic carbocycles. The number of hydrogen-bond donors (Lipinski definition) is 1. The molecule has 0 spiro atoms. The third-order valence-corrected chi connectivity index (χ3v) is 3.52. The van der Waals surface area contributed by atoms with E-state index in [0.29, 0.717) is 22.1 Å². The van der Waals surface area contributed by atoms with Gasteiger partial charge in [0.15, 0.2) is 0 Å². The van der Waals surface area contributed by atoms with Crippen molar-refractivity contribution in [3.63, 3.8) is 0 Å². The Kier molecular flexibility index (Phi) is 4.50. The predicted molar refractivity (Wildman–Crippen MR) is 81.0 cm³/mol. The van der Waals surface area contributed by atoms with Crippen LogP contribution in [0, 0.1) is 6.92 Å². The lowest BCUT2D eigenvalue weighted by Crippen LogP contribution is -1.96. The first-order valence-corrected chi connectivity index (χ1v) is 7.06. The molecule has 1 atom stereocenters. The summed E-state index contributed by atoms with van der Waals surface area (Å²) in [5.41, 5.74) is 1.79. The quantitative estimate of drug-likeness (QED) is 0.825.